The number of nitrogens with zero attached hydrogens (tertiary/aromatic N) is 3. The van der Waals surface area contributed by atoms with Crippen molar-refractivity contribution >= 4 is 17.6 Å². The second kappa shape index (κ2) is 10.3. The summed E-state index contributed by atoms with van der Waals surface area (Å²) in [4.78, 5) is 27.9. The zero-order valence-electron chi connectivity index (χ0n) is 19.2. The Morgan fingerprint density at radius 1 is 1.12 bits per heavy atom. The van der Waals surface area contributed by atoms with E-state index in [0.717, 1.165) is 35.2 Å². The molecule has 7 heteroatoms. The lowest BCUT2D eigenvalue weighted by atomic mass is 9.95. The summed E-state index contributed by atoms with van der Waals surface area (Å²) in [6.45, 7) is 4.91. The molecule has 2 aliphatic rings. The Bertz CT molecular complexity index is 1040. The van der Waals surface area contributed by atoms with E-state index in [-0.39, 0.29) is 30.3 Å². The van der Waals surface area contributed by atoms with Crippen LogP contribution in [0.3, 0.4) is 0 Å². The molecule has 0 bridgehead atoms. The average Bonchev–Trinajstić information content (AvgIpc) is 3.26. The lowest BCUT2D eigenvalue weighted by Gasteiger charge is -2.34. The number of halogens is 1. The number of carbonyl (C=O) groups is 2. The van der Waals surface area contributed by atoms with Crippen molar-refractivity contribution in [3.05, 3.63) is 71.0 Å². The standard InChI is InChI=1S/C26H30FN3O3/c1-3-33-26(32)23-10-6-7-15-29(23)17-25(31)30-24(21-9-5-4-8-18(21)2)16-22(28-30)19-11-13-20(27)14-12-19/h4-5,8-9,11-14,23-24H,3,6-7,10,15-17H2,1-2H3/t23-,24+/m1/s1. The van der Waals surface area contributed by atoms with Gasteiger partial charge in [0.2, 0.25) is 0 Å². The fourth-order valence-corrected chi connectivity index (χ4v) is 4.69. The van der Waals surface area contributed by atoms with E-state index < -0.39 is 6.04 Å². The predicted molar refractivity (Wildman–Crippen MR) is 124 cm³/mol. The van der Waals surface area contributed by atoms with E-state index in [4.69, 9.17) is 9.84 Å². The van der Waals surface area contributed by atoms with Crippen LogP contribution in [0.15, 0.2) is 53.6 Å². The number of hydrazone groups is 1. The van der Waals surface area contributed by atoms with Gasteiger partial charge in [0, 0.05) is 6.42 Å². The van der Waals surface area contributed by atoms with Gasteiger partial charge in [-0.25, -0.2) is 9.40 Å². The highest BCUT2D eigenvalue weighted by Gasteiger charge is 2.37. The molecule has 2 atom stereocenters. The average molecular weight is 452 g/mol. The van der Waals surface area contributed by atoms with E-state index in [1.807, 2.05) is 36.1 Å². The molecule has 2 aliphatic heterocycles. The van der Waals surface area contributed by atoms with Crippen molar-refractivity contribution in [2.45, 2.75) is 51.6 Å². The number of benzene rings is 2. The maximum absolute atomic E-state index is 13.5. The zero-order valence-corrected chi connectivity index (χ0v) is 19.2. The van der Waals surface area contributed by atoms with Crippen LogP contribution in [-0.2, 0) is 14.3 Å². The fourth-order valence-electron chi connectivity index (χ4n) is 4.69. The SMILES string of the molecule is CCOC(=O)[C@H]1CCCCN1CC(=O)N1N=C(c2ccc(F)cc2)C[C@H]1c1ccccc1C. The van der Waals surface area contributed by atoms with Gasteiger partial charge in [0.05, 0.1) is 24.9 Å². The number of hydrogen-bond acceptors (Lipinski definition) is 5. The van der Waals surface area contributed by atoms with Crippen molar-refractivity contribution < 1.29 is 18.7 Å². The third-order valence-electron chi connectivity index (χ3n) is 6.40. The molecule has 1 saturated heterocycles. The van der Waals surface area contributed by atoms with Gasteiger partial charge in [0.1, 0.15) is 11.9 Å². The molecule has 2 heterocycles. The Morgan fingerprint density at radius 3 is 2.61 bits per heavy atom. The number of aryl methyl sites for hydroxylation is 1. The van der Waals surface area contributed by atoms with Gasteiger partial charge in [-0.2, -0.15) is 5.10 Å². The summed E-state index contributed by atoms with van der Waals surface area (Å²) in [5.74, 6) is -0.732. The maximum Gasteiger partial charge on any atom is 0.323 e. The van der Waals surface area contributed by atoms with Gasteiger partial charge in [0.15, 0.2) is 0 Å². The number of likely N-dealkylation sites (tertiary alicyclic amines) is 1. The van der Waals surface area contributed by atoms with Gasteiger partial charge in [-0.1, -0.05) is 42.8 Å². The summed E-state index contributed by atoms with van der Waals surface area (Å²) in [6.07, 6.45) is 3.12. The molecular weight excluding hydrogens is 421 g/mol. The smallest absolute Gasteiger partial charge is 0.323 e. The third kappa shape index (κ3) is 5.14. The van der Waals surface area contributed by atoms with E-state index in [1.165, 1.54) is 12.1 Å². The second-order valence-electron chi connectivity index (χ2n) is 8.60. The van der Waals surface area contributed by atoms with Crippen LogP contribution in [0.2, 0.25) is 0 Å². The highest BCUT2D eigenvalue weighted by molar-refractivity contribution is 6.03. The van der Waals surface area contributed by atoms with Crippen LogP contribution in [0.5, 0.6) is 0 Å². The van der Waals surface area contributed by atoms with Crippen molar-refractivity contribution in [3.8, 4) is 0 Å². The van der Waals surface area contributed by atoms with Gasteiger partial charge in [0.25, 0.3) is 5.91 Å². The number of carbonyl (C=O) groups excluding carboxylic acids is 2. The topological polar surface area (TPSA) is 62.2 Å². The van der Waals surface area contributed by atoms with Crippen molar-refractivity contribution in [1.29, 1.82) is 0 Å². The first kappa shape index (κ1) is 23.1. The number of piperidine rings is 1. The number of hydrogen-bond donors (Lipinski definition) is 0. The van der Waals surface area contributed by atoms with Crippen LogP contribution in [0.4, 0.5) is 4.39 Å². The first-order valence-electron chi connectivity index (χ1n) is 11.6. The Labute approximate surface area is 194 Å². The lowest BCUT2D eigenvalue weighted by molar-refractivity contribution is -0.152. The summed E-state index contributed by atoms with van der Waals surface area (Å²) in [5, 5.41) is 6.25. The van der Waals surface area contributed by atoms with Crippen LogP contribution >= 0.6 is 0 Å². The quantitative estimate of drug-likeness (QED) is 0.617. The van der Waals surface area contributed by atoms with Crippen LogP contribution in [-0.4, -0.2) is 53.2 Å². The molecule has 2 aromatic carbocycles. The molecule has 6 nitrogen and oxygen atoms in total. The monoisotopic (exact) mass is 451 g/mol. The minimum absolute atomic E-state index is 0.103. The summed E-state index contributed by atoms with van der Waals surface area (Å²) in [6, 6.07) is 13.5. The van der Waals surface area contributed by atoms with Gasteiger partial charge >= 0.3 is 5.97 Å². The Balaban J connectivity index is 1.60. The molecule has 4 rings (SSSR count). The predicted octanol–water partition coefficient (Wildman–Crippen LogP) is 4.23. The summed E-state index contributed by atoms with van der Waals surface area (Å²) >= 11 is 0. The molecule has 174 valence electrons. The van der Waals surface area contributed by atoms with Crippen LogP contribution < -0.4 is 0 Å². The highest BCUT2D eigenvalue weighted by Crippen LogP contribution is 2.35. The number of rotatable bonds is 6. The highest BCUT2D eigenvalue weighted by atomic mass is 19.1. The fraction of sp³-hybridized carbons (Fsp3) is 0.423. The van der Waals surface area contributed by atoms with Crippen LogP contribution in [0.25, 0.3) is 0 Å². The van der Waals surface area contributed by atoms with E-state index >= 15 is 0 Å². The van der Waals surface area contributed by atoms with Gasteiger partial charge in [-0.15, -0.1) is 0 Å². The summed E-state index contributed by atoms with van der Waals surface area (Å²) < 4.78 is 18.7. The van der Waals surface area contributed by atoms with E-state index in [2.05, 4.69) is 0 Å². The molecule has 0 aliphatic carbocycles. The van der Waals surface area contributed by atoms with Crippen LogP contribution in [0.1, 0.15) is 55.3 Å². The van der Waals surface area contributed by atoms with Gasteiger partial charge in [-0.05, 0) is 62.1 Å². The lowest BCUT2D eigenvalue weighted by Crippen LogP contribution is -2.49. The van der Waals surface area contributed by atoms with Gasteiger partial charge in [-0.3, -0.25) is 14.5 Å². The molecule has 2 aromatic rings. The Hall–Kier alpha value is -3.06. The molecule has 0 N–H and O–H groups in total. The normalized spacial score (nSPS) is 21.1. The summed E-state index contributed by atoms with van der Waals surface area (Å²) in [7, 11) is 0. The summed E-state index contributed by atoms with van der Waals surface area (Å²) in [5.41, 5.74) is 3.66. The van der Waals surface area contributed by atoms with Crippen molar-refractivity contribution in [1.82, 2.24) is 9.91 Å². The number of amides is 1. The van der Waals surface area contributed by atoms with E-state index in [1.54, 1.807) is 24.1 Å². The molecule has 33 heavy (non-hydrogen) atoms. The molecule has 1 amide bonds. The number of ether oxygens (including phenoxy) is 1. The van der Waals surface area contributed by atoms with Gasteiger partial charge < -0.3 is 4.74 Å². The van der Waals surface area contributed by atoms with E-state index in [0.29, 0.717) is 26.0 Å². The molecule has 0 aromatic heterocycles. The van der Waals surface area contributed by atoms with Crippen molar-refractivity contribution in [2.75, 3.05) is 19.7 Å². The minimum Gasteiger partial charge on any atom is -0.465 e. The largest absolute Gasteiger partial charge is 0.465 e. The number of esters is 1. The van der Waals surface area contributed by atoms with Crippen LogP contribution in [0, 0.1) is 12.7 Å². The zero-order chi connectivity index (χ0) is 23.4. The first-order valence-corrected chi connectivity index (χ1v) is 11.6. The molecule has 0 spiro atoms. The molecular formula is C26H30FN3O3. The molecule has 0 radical (unpaired) electrons. The minimum atomic E-state index is -0.400. The Kier molecular flexibility index (Phi) is 7.18. The first-order chi connectivity index (χ1) is 16.0. The Morgan fingerprint density at radius 2 is 1.88 bits per heavy atom. The molecule has 0 saturated carbocycles. The third-order valence-corrected chi connectivity index (χ3v) is 6.40. The molecule has 1 fully saturated rings. The maximum atomic E-state index is 13.5. The van der Waals surface area contributed by atoms with Crippen molar-refractivity contribution in [3.63, 3.8) is 0 Å². The van der Waals surface area contributed by atoms with Crippen molar-refractivity contribution in [2.24, 2.45) is 5.10 Å². The second-order valence-corrected chi connectivity index (χ2v) is 8.60. The van der Waals surface area contributed by atoms with E-state index in [9.17, 15) is 14.0 Å². The molecule has 0 unspecified atom stereocenters.